The molecule has 0 amide bonds. The second kappa shape index (κ2) is 13.1. The van der Waals surface area contributed by atoms with E-state index in [-0.39, 0.29) is 37.0 Å². The maximum atomic E-state index is 13.0. The van der Waals surface area contributed by atoms with Gasteiger partial charge in [-0.15, -0.1) is 9.05 Å². The van der Waals surface area contributed by atoms with Crippen molar-refractivity contribution in [2.24, 2.45) is 11.8 Å². The van der Waals surface area contributed by atoms with Crippen LogP contribution in [0, 0.1) is 11.8 Å². The molecule has 1 aliphatic heterocycles. The molecule has 2 fully saturated rings. The number of hydrogen-bond acceptors (Lipinski definition) is 11. The van der Waals surface area contributed by atoms with Gasteiger partial charge in [0.15, 0.2) is 6.16 Å². The molecule has 12 heteroatoms. The number of ether oxygens (including phenoxy) is 2. The third kappa shape index (κ3) is 7.07. The van der Waals surface area contributed by atoms with Crippen molar-refractivity contribution in [1.29, 1.82) is 0 Å². The van der Waals surface area contributed by atoms with Crippen molar-refractivity contribution in [3.05, 3.63) is 20.4 Å². The molecule has 206 valence electrons. The highest BCUT2D eigenvalue weighted by molar-refractivity contribution is 7.60. The Hall–Kier alpha value is -2.07. The molecule has 0 spiro atoms. The van der Waals surface area contributed by atoms with Crippen LogP contribution in [-0.2, 0) is 28.1 Å². The molecular weight excluding hydrogens is 503 g/mol. The third-order valence-corrected chi connectivity index (χ3v) is 9.44. The first-order chi connectivity index (χ1) is 17.9. The molecule has 1 aromatic carbocycles. The molecule has 2 atom stereocenters. The first kappa shape index (κ1) is 28.0. The third-order valence-electron chi connectivity index (χ3n) is 7.63. The predicted octanol–water partition coefficient (Wildman–Crippen LogP) is 2.85. The molecule has 11 nitrogen and oxygen atoms in total. The minimum atomic E-state index is -3.70. The summed E-state index contributed by atoms with van der Waals surface area (Å²) in [6.07, 6.45) is 9.00. The number of fused-ring (bicyclic) bond motifs is 1. The van der Waals surface area contributed by atoms with Crippen LogP contribution in [0.1, 0.15) is 70.6 Å². The minimum Gasteiger partial charge on any atom is -0.436 e. The number of rotatable bonds is 12. The molecule has 2 N–H and O–H groups in total. The molecule has 0 aromatic heterocycles. The molecule has 1 heterocycles. The standard InChI is InChI=1S/C25H37N2O9P/c28-16-33-17-34-37(32,15-14-27-13-7-12-26-20-21(27)23(30)22(20)29)36-25(19-10-5-2-6-11-19)35-24(31)18-8-3-1-4-9-18/h16,18-19,25,32H,1-15,17H2/p+1. The summed E-state index contributed by atoms with van der Waals surface area (Å²) in [6.45, 7) is 0.947. The predicted molar refractivity (Wildman–Crippen MR) is 138 cm³/mol. The van der Waals surface area contributed by atoms with E-state index in [1.807, 2.05) is 0 Å². The number of anilines is 2. The fourth-order valence-corrected chi connectivity index (χ4v) is 7.08. The Bertz CT molecular complexity index is 985. The summed E-state index contributed by atoms with van der Waals surface area (Å²) in [5.74, 6) is -0.560. The molecule has 3 aliphatic rings. The van der Waals surface area contributed by atoms with E-state index in [1.54, 1.807) is 4.90 Å². The van der Waals surface area contributed by atoms with E-state index in [2.05, 4.69) is 10.1 Å². The van der Waals surface area contributed by atoms with Gasteiger partial charge >= 0.3 is 13.9 Å². The number of hydrogen-bond donors (Lipinski definition) is 2. The summed E-state index contributed by atoms with van der Waals surface area (Å²) in [5.41, 5.74) is -0.479. The molecular formula is C25H38N2O9P+. The fourth-order valence-electron chi connectivity index (χ4n) is 5.52. The summed E-state index contributed by atoms with van der Waals surface area (Å²) in [7, 11) is -3.70. The zero-order valence-electron chi connectivity index (χ0n) is 21.2. The van der Waals surface area contributed by atoms with Gasteiger partial charge in [-0.3, -0.25) is 19.2 Å². The van der Waals surface area contributed by atoms with Gasteiger partial charge < -0.3 is 19.7 Å². The second-order valence-electron chi connectivity index (χ2n) is 10.2. The van der Waals surface area contributed by atoms with Crippen LogP contribution in [0.2, 0.25) is 0 Å². The quantitative estimate of drug-likeness (QED) is 0.101. The lowest BCUT2D eigenvalue weighted by Crippen LogP contribution is -2.42. The second-order valence-corrected chi connectivity index (χ2v) is 12.4. The minimum absolute atomic E-state index is 0.0301. The molecule has 2 unspecified atom stereocenters. The van der Waals surface area contributed by atoms with Crippen LogP contribution in [0.3, 0.4) is 0 Å². The van der Waals surface area contributed by atoms with Gasteiger partial charge in [0, 0.05) is 19.0 Å². The van der Waals surface area contributed by atoms with Crippen molar-refractivity contribution >= 4 is 31.8 Å². The van der Waals surface area contributed by atoms with E-state index in [0.717, 1.165) is 64.2 Å². The Morgan fingerprint density at radius 1 is 1.05 bits per heavy atom. The molecule has 37 heavy (non-hydrogen) atoms. The summed E-state index contributed by atoms with van der Waals surface area (Å²) >= 11 is 0. The van der Waals surface area contributed by atoms with Crippen LogP contribution < -0.4 is 21.1 Å². The van der Waals surface area contributed by atoms with E-state index in [4.69, 9.17) is 13.8 Å². The lowest BCUT2D eigenvalue weighted by Gasteiger charge is -2.32. The first-order valence-electron chi connectivity index (χ1n) is 13.4. The van der Waals surface area contributed by atoms with Gasteiger partial charge in [0.1, 0.15) is 11.4 Å². The average Bonchev–Trinajstić information content (AvgIpc) is 3.13. The van der Waals surface area contributed by atoms with E-state index in [9.17, 15) is 24.1 Å². The largest absolute Gasteiger partial charge is 0.436 e. The highest BCUT2D eigenvalue weighted by Gasteiger charge is 2.48. The van der Waals surface area contributed by atoms with Crippen molar-refractivity contribution in [3.63, 3.8) is 0 Å². The van der Waals surface area contributed by atoms with Gasteiger partial charge in [0.2, 0.25) is 6.79 Å². The number of nitrogens with zero attached hydrogens (tertiary/aromatic N) is 1. The van der Waals surface area contributed by atoms with Gasteiger partial charge in [0.05, 0.1) is 12.5 Å². The van der Waals surface area contributed by atoms with Crippen LogP contribution in [0.4, 0.5) is 11.4 Å². The summed E-state index contributed by atoms with van der Waals surface area (Å²) in [4.78, 5) is 61.2. The van der Waals surface area contributed by atoms with Crippen LogP contribution in [0.25, 0.3) is 0 Å². The number of carbonyl (C=O) groups is 2. The van der Waals surface area contributed by atoms with Crippen LogP contribution in [0.5, 0.6) is 0 Å². The van der Waals surface area contributed by atoms with Gasteiger partial charge in [-0.25, -0.2) is 0 Å². The Morgan fingerprint density at radius 3 is 2.46 bits per heavy atom. The monoisotopic (exact) mass is 541 g/mol. The van der Waals surface area contributed by atoms with Gasteiger partial charge in [-0.05, 0) is 32.1 Å². The first-order valence-corrected chi connectivity index (χ1v) is 15.2. The SMILES string of the molecule is O=COCO[P+](O)(CCN1CCCNc2c1c(=O)c2=O)OC(OC(=O)C1CCCCC1)C1CCCCC1. The van der Waals surface area contributed by atoms with E-state index in [1.165, 1.54) is 0 Å². The van der Waals surface area contributed by atoms with E-state index < -0.39 is 31.9 Å². The maximum Gasteiger partial charge on any atom is 0.417 e. The normalized spacial score (nSPS) is 21.8. The summed E-state index contributed by atoms with van der Waals surface area (Å²) in [6, 6.07) is 0. The topological polar surface area (TPSA) is 141 Å². The average molecular weight is 542 g/mol. The summed E-state index contributed by atoms with van der Waals surface area (Å²) in [5, 5.41) is 2.99. The smallest absolute Gasteiger partial charge is 0.417 e. The molecule has 2 aliphatic carbocycles. The fraction of sp³-hybridized carbons (Fsp3) is 0.760. The Morgan fingerprint density at radius 2 is 1.76 bits per heavy atom. The molecule has 2 saturated carbocycles. The molecule has 0 radical (unpaired) electrons. The van der Waals surface area contributed by atoms with Crippen LogP contribution in [0.15, 0.2) is 9.59 Å². The van der Waals surface area contributed by atoms with E-state index >= 15 is 0 Å². The Labute approximate surface area is 217 Å². The van der Waals surface area contributed by atoms with Crippen molar-refractivity contribution in [2.75, 3.05) is 42.8 Å². The molecule has 1 aromatic rings. The maximum absolute atomic E-state index is 13.0. The van der Waals surface area contributed by atoms with Crippen molar-refractivity contribution in [2.45, 2.75) is 76.9 Å². The zero-order valence-corrected chi connectivity index (χ0v) is 22.1. The Kier molecular flexibility index (Phi) is 9.92. The highest BCUT2D eigenvalue weighted by Crippen LogP contribution is 2.59. The van der Waals surface area contributed by atoms with Crippen LogP contribution >= 0.6 is 7.94 Å². The molecule has 4 rings (SSSR count). The highest BCUT2D eigenvalue weighted by atomic mass is 31.2. The Balaban J connectivity index is 1.49. The molecule has 0 saturated heterocycles. The van der Waals surface area contributed by atoms with E-state index in [0.29, 0.717) is 30.9 Å². The molecule has 0 bridgehead atoms. The van der Waals surface area contributed by atoms with Crippen molar-refractivity contribution in [3.8, 4) is 0 Å². The van der Waals surface area contributed by atoms with Gasteiger partial charge in [-0.2, -0.15) is 4.89 Å². The lowest BCUT2D eigenvalue weighted by molar-refractivity contribution is -0.182. The van der Waals surface area contributed by atoms with Crippen LogP contribution in [-0.4, -0.2) is 56.2 Å². The number of carbonyl (C=O) groups excluding carboxylic acids is 2. The van der Waals surface area contributed by atoms with Crippen molar-refractivity contribution in [1.82, 2.24) is 0 Å². The van der Waals surface area contributed by atoms with Gasteiger partial charge in [0.25, 0.3) is 23.6 Å². The van der Waals surface area contributed by atoms with Crippen molar-refractivity contribution < 1.29 is 33.0 Å². The lowest BCUT2D eigenvalue weighted by atomic mass is 9.88. The number of esters is 1. The number of nitrogens with one attached hydrogen (secondary N) is 1. The van der Waals surface area contributed by atoms with Gasteiger partial charge in [-0.1, -0.05) is 38.5 Å². The zero-order chi connectivity index (χ0) is 26.3. The summed E-state index contributed by atoms with van der Waals surface area (Å²) < 4.78 is 22.3.